The number of aryl methyl sites for hydroxylation is 1. The third kappa shape index (κ3) is 6.98. The molecule has 2 aromatic carbocycles. The van der Waals surface area contributed by atoms with Gasteiger partial charge in [0, 0.05) is 25.8 Å². The summed E-state index contributed by atoms with van der Waals surface area (Å²) in [6.45, 7) is 2.76. The highest BCUT2D eigenvalue weighted by atomic mass is 35.5. The Morgan fingerprint density at radius 2 is 1.59 bits per heavy atom. The van der Waals surface area contributed by atoms with E-state index in [0.29, 0.717) is 28.4 Å². The van der Waals surface area contributed by atoms with Crippen molar-refractivity contribution in [3.8, 4) is 0 Å². The van der Waals surface area contributed by atoms with Gasteiger partial charge in [-0.05, 0) is 51.4 Å². The molecule has 186 valence electrons. The van der Waals surface area contributed by atoms with Crippen LogP contribution >= 0.6 is 23.7 Å². The van der Waals surface area contributed by atoms with E-state index in [0.717, 1.165) is 11.8 Å². The maximum absolute atomic E-state index is 13.1. The number of rotatable bonds is 9. The Balaban J connectivity index is 0.00000408. The van der Waals surface area contributed by atoms with Gasteiger partial charge in [-0.25, -0.2) is 21.8 Å². The van der Waals surface area contributed by atoms with E-state index in [1.165, 1.54) is 22.3 Å². The quantitative estimate of drug-likeness (QED) is 0.406. The van der Waals surface area contributed by atoms with Crippen LogP contribution in [0.3, 0.4) is 0 Å². The molecule has 0 N–H and O–H groups in total. The van der Waals surface area contributed by atoms with Crippen molar-refractivity contribution in [3.05, 3.63) is 48.0 Å². The zero-order chi connectivity index (χ0) is 24.4. The Kier molecular flexibility index (Phi) is 9.23. The molecule has 0 saturated carbocycles. The second kappa shape index (κ2) is 11.1. The SMILES string of the molecule is Cc1ccc(S(=O)(=O)CCC(=O)N(CCN(C)C)c2nc3ccc(S(C)(=O)=O)cc3s2)cc1.Cl. The molecule has 0 atom stereocenters. The van der Waals surface area contributed by atoms with Gasteiger partial charge in [-0.2, -0.15) is 0 Å². The first-order chi connectivity index (χ1) is 15.4. The Morgan fingerprint density at radius 1 is 0.971 bits per heavy atom. The molecule has 3 rings (SSSR count). The zero-order valence-electron chi connectivity index (χ0n) is 19.4. The Bertz CT molecular complexity index is 1370. The molecule has 34 heavy (non-hydrogen) atoms. The molecule has 0 radical (unpaired) electrons. The normalized spacial score (nSPS) is 12.0. The number of fused-ring (bicyclic) bond motifs is 1. The molecule has 0 aliphatic carbocycles. The van der Waals surface area contributed by atoms with Crippen LogP contribution in [0.15, 0.2) is 52.3 Å². The number of likely N-dealkylation sites (N-methyl/N-ethyl adjacent to an activating group) is 1. The lowest BCUT2D eigenvalue weighted by molar-refractivity contribution is -0.118. The molecule has 0 aliphatic rings. The summed E-state index contributed by atoms with van der Waals surface area (Å²) in [6.07, 6.45) is 0.950. The van der Waals surface area contributed by atoms with E-state index >= 15 is 0 Å². The molecule has 1 amide bonds. The lowest BCUT2D eigenvalue weighted by Crippen LogP contribution is -2.37. The van der Waals surface area contributed by atoms with Crippen molar-refractivity contribution in [3.63, 3.8) is 0 Å². The van der Waals surface area contributed by atoms with E-state index in [1.807, 2.05) is 25.9 Å². The molecule has 1 aromatic heterocycles. The third-order valence-electron chi connectivity index (χ3n) is 5.04. The van der Waals surface area contributed by atoms with Crippen LogP contribution in [0.5, 0.6) is 0 Å². The van der Waals surface area contributed by atoms with Gasteiger partial charge in [-0.15, -0.1) is 12.4 Å². The highest BCUT2D eigenvalue weighted by Gasteiger charge is 2.23. The van der Waals surface area contributed by atoms with Gasteiger partial charge >= 0.3 is 0 Å². The molecule has 0 bridgehead atoms. The average molecular weight is 546 g/mol. The molecule has 0 fully saturated rings. The Morgan fingerprint density at radius 3 is 2.18 bits per heavy atom. The van der Waals surface area contributed by atoms with Crippen LogP contribution in [0.4, 0.5) is 5.13 Å². The first-order valence-corrected chi connectivity index (χ1v) is 14.6. The van der Waals surface area contributed by atoms with E-state index in [-0.39, 0.29) is 40.3 Å². The summed E-state index contributed by atoms with van der Waals surface area (Å²) in [6, 6.07) is 11.2. The molecule has 0 unspecified atom stereocenters. The predicted molar refractivity (Wildman–Crippen MR) is 139 cm³/mol. The van der Waals surface area contributed by atoms with Gasteiger partial charge in [0.15, 0.2) is 24.8 Å². The Hall–Kier alpha value is -2.05. The van der Waals surface area contributed by atoms with Crippen LogP contribution in [-0.4, -0.2) is 71.8 Å². The van der Waals surface area contributed by atoms with Crippen LogP contribution in [0.1, 0.15) is 12.0 Å². The van der Waals surface area contributed by atoms with E-state index in [4.69, 9.17) is 0 Å². The van der Waals surface area contributed by atoms with E-state index in [9.17, 15) is 21.6 Å². The summed E-state index contributed by atoms with van der Waals surface area (Å²) in [5.74, 6) is -0.661. The smallest absolute Gasteiger partial charge is 0.229 e. The lowest BCUT2D eigenvalue weighted by atomic mass is 10.2. The number of nitrogens with zero attached hydrogens (tertiary/aromatic N) is 3. The molecular weight excluding hydrogens is 518 g/mol. The van der Waals surface area contributed by atoms with Gasteiger partial charge in [-0.3, -0.25) is 9.69 Å². The summed E-state index contributed by atoms with van der Waals surface area (Å²) >= 11 is 1.21. The number of hydrogen-bond donors (Lipinski definition) is 0. The topological polar surface area (TPSA) is 105 Å². The molecule has 0 aliphatic heterocycles. The number of carbonyl (C=O) groups is 1. The first-order valence-electron chi connectivity index (χ1n) is 10.2. The number of halogens is 1. The van der Waals surface area contributed by atoms with Crippen molar-refractivity contribution in [2.75, 3.05) is 44.1 Å². The average Bonchev–Trinajstić information content (AvgIpc) is 3.15. The highest BCUT2D eigenvalue weighted by Crippen LogP contribution is 2.31. The molecule has 8 nitrogen and oxygen atoms in total. The van der Waals surface area contributed by atoms with Crippen LogP contribution in [-0.2, 0) is 24.5 Å². The van der Waals surface area contributed by atoms with Crippen LogP contribution < -0.4 is 4.90 Å². The molecule has 0 spiro atoms. The number of anilines is 1. The largest absolute Gasteiger partial charge is 0.308 e. The highest BCUT2D eigenvalue weighted by molar-refractivity contribution is 7.91. The van der Waals surface area contributed by atoms with Crippen LogP contribution in [0.25, 0.3) is 10.2 Å². The second-order valence-electron chi connectivity index (χ2n) is 8.13. The number of amides is 1. The molecule has 3 aromatic rings. The maximum atomic E-state index is 13.1. The minimum Gasteiger partial charge on any atom is -0.308 e. The number of sulfone groups is 2. The third-order valence-corrected chi connectivity index (χ3v) is 8.93. The van der Waals surface area contributed by atoms with Gasteiger partial charge < -0.3 is 4.90 Å². The minimum atomic E-state index is -3.61. The van der Waals surface area contributed by atoms with Gasteiger partial charge in [0.25, 0.3) is 0 Å². The molecule has 1 heterocycles. The Labute approximate surface area is 210 Å². The van der Waals surface area contributed by atoms with Crippen LogP contribution in [0, 0.1) is 6.92 Å². The second-order valence-corrected chi connectivity index (χ2v) is 13.3. The number of carbonyl (C=O) groups excluding carboxylic acids is 1. The van der Waals surface area contributed by atoms with Gasteiger partial charge in [-0.1, -0.05) is 29.0 Å². The summed E-state index contributed by atoms with van der Waals surface area (Å²) in [5.41, 5.74) is 1.53. The molecular formula is C22H28ClN3O5S3. The van der Waals surface area contributed by atoms with Crippen molar-refractivity contribution in [2.45, 2.75) is 23.1 Å². The zero-order valence-corrected chi connectivity index (χ0v) is 22.7. The molecule has 12 heteroatoms. The minimum absolute atomic E-state index is 0. The summed E-state index contributed by atoms with van der Waals surface area (Å²) in [7, 11) is -3.23. The summed E-state index contributed by atoms with van der Waals surface area (Å²) < 4.78 is 49.8. The van der Waals surface area contributed by atoms with Crippen molar-refractivity contribution in [1.82, 2.24) is 9.88 Å². The van der Waals surface area contributed by atoms with Crippen molar-refractivity contribution >= 4 is 64.7 Å². The van der Waals surface area contributed by atoms with E-state index in [2.05, 4.69) is 4.98 Å². The predicted octanol–water partition coefficient (Wildman–Crippen LogP) is 3.19. The van der Waals surface area contributed by atoms with Gasteiger partial charge in [0.05, 0.1) is 25.8 Å². The fourth-order valence-electron chi connectivity index (χ4n) is 3.09. The number of thiazole rings is 1. The van der Waals surface area contributed by atoms with Crippen molar-refractivity contribution in [1.29, 1.82) is 0 Å². The van der Waals surface area contributed by atoms with Gasteiger partial charge in [0.1, 0.15) is 0 Å². The monoisotopic (exact) mass is 545 g/mol. The number of aromatic nitrogens is 1. The standard InChI is InChI=1S/C22H27N3O5S3.ClH/c1-16-5-7-17(8-6-16)33(29,30)14-11-21(26)25(13-12-24(2)3)22-23-19-10-9-18(32(4,27)28)15-20(19)31-22;/h5-10,15H,11-14H2,1-4H3;1H. The number of benzene rings is 2. The lowest BCUT2D eigenvalue weighted by Gasteiger charge is -2.22. The molecule has 0 saturated heterocycles. The van der Waals surface area contributed by atoms with E-state index < -0.39 is 19.7 Å². The fourth-order valence-corrected chi connectivity index (χ4v) is 6.09. The fraction of sp³-hybridized carbons (Fsp3) is 0.364. The number of hydrogen-bond acceptors (Lipinski definition) is 8. The van der Waals surface area contributed by atoms with Crippen molar-refractivity contribution < 1.29 is 21.6 Å². The summed E-state index contributed by atoms with van der Waals surface area (Å²) in [5, 5.41) is 0.412. The van der Waals surface area contributed by atoms with Crippen LogP contribution in [0.2, 0.25) is 0 Å². The van der Waals surface area contributed by atoms with Crippen molar-refractivity contribution in [2.24, 2.45) is 0 Å². The van der Waals surface area contributed by atoms with Gasteiger partial charge in [0.2, 0.25) is 5.91 Å². The van der Waals surface area contributed by atoms with E-state index in [1.54, 1.807) is 36.4 Å². The first kappa shape index (κ1) is 28.2. The summed E-state index contributed by atoms with van der Waals surface area (Å²) in [4.78, 5) is 21.4. The maximum Gasteiger partial charge on any atom is 0.229 e.